The van der Waals surface area contributed by atoms with Gasteiger partial charge in [-0.15, -0.1) is 0 Å². The van der Waals surface area contributed by atoms with E-state index in [4.69, 9.17) is 20.8 Å². The highest BCUT2D eigenvalue weighted by Gasteiger charge is 2.22. The Balaban J connectivity index is 1.77. The summed E-state index contributed by atoms with van der Waals surface area (Å²) in [5.74, 6) is -0.127. The first kappa shape index (κ1) is 17.6. The molecule has 1 amide bonds. The molecule has 7 nitrogen and oxygen atoms in total. The minimum Gasteiger partial charge on any atom is -0.506 e. The van der Waals surface area contributed by atoms with Crippen molar-refractivity contribution in [2.75, 3.05) is 32.8 Å². The Labute approximate surface area is 149 Å². The van der Waals surface area contributed by atoms with Gasteiger partial charge >= 0.3 is 11.7 Å². The van der Waals surface area contributed by atoms with E-state index < -0.39 is 5.63 Å². The second-order valence-electron chi connectivity index (χ2n) is 5.85. The Hall–Kier alpha value is -2.25. The number of benzene rings is 1. The molecule has 0 unspecified atom stereocenters. The fourth-order valence-corrected chi connectivity index (χ4v) is 3.07. The number of halogens is 1. The average molecular weight is 367 g/mol. The Morgan fingerprint density at radius 1 is 1.28 bits per heavy atom. The maximum absolute atomic E-state index is 11.8. The summed E-state index contributed by atoms with van der Waals surface area (Å²) in [6, 6.07) is 4.38. The van der Waals surface area contributed by atoms with Crippen LogP contribution in [0.4, 0.5) is 4.79 Å². The standard InChI is InChI=1S/C17H19ClN2O5/c1-2-24-17(23)20-5-3-19(4-6-20)10-11-7-16(22)25-15-9-14(21)13(18)8-12(11)15/h7-9,21H,2-6,10H2,1H3. The molecule has 2 heterocycles. The molecular weight excluding hydrogens is 348 g/mol. The van der Waals surface area contributed by atoms with Crippen molar-refractivity contribution in [3.05, 3.63) is 39.2 Å². The van der Waals surface area contributed by atoms with Crippen LogP contribution in [-0.2, 0) is 11.3 Å². The number of rotatable bonds is 3. The Kier molecular flexibility index (Phi) is 5.15. The second kappa shape index (κ2) is 7.33. The number of phenols is 1. The fourth-order valence-electron chi connectivity index (χ4n) is 2.91. The highest BCUT2D eigenvalue weighted by atomic mass is 35.5. The zero-order valence-electron chi connectivity index (χ0n) is 13.8. The molecule has 8 heteroatoms. The number of nitrogens with zero attached hydrogens (tertiary/aromatic N) is 2. The van der Waals surface area contributed by atoms with Crippen molar-refractivity contribution in [3.8, 4) is 5.75 Å². The summed E-state index contributed by atoms with van der Waals surface area (Å²) < 4.78 is 10.1. The predicted molar refractivity (Wildman–Crippen MR) is 93.0 cm³/mol. The molecular formula is C17H19ClN2O5. The first-order valence-corrected chi connectivity index (χ1v) is 8.45. The van der Waals surface area contributed by atoms with Gasteiger partial charge in [0.1, 0.15) is 11.3 Å². The highest BCUT2D eigenvalue weighted by molar-refractivity contribution is 6.32. The minimum atomic E-state index is -0.477. The second-order valence-corrected chi connectivity index (χ2v) is 6.26. The van der Waals surface area contributed by atoms with Crippen LogP contribution in [0.5, 0.6) is 5.75 Å². The zero-order chi connectivity index (χ0) is 18.0. The smallest absolute Gasteiger partial charge is 0.409 e. The molecule has 25 heavy (non-hydrogen) atoms. The van der Waals surface area contributed by atoms with Gasteiger partial charge in [0.25, 0.3) is 0 Å². The lowest BCUT2D eigenvalue weighted by Gasteiger charge is -2.34. The number of aromatic hydroxyl groups is 1. The van der Waals surface area contributed by atoms with Gasteiger partial charge in [0.15, 0.2) is 0 Å². The fraction of sp³-hybridized carbons (Fsp3) is 0.412. The highest BCUT2D eigenvalue weighted by Crippen LogP contribution is 2.30. The number of hydrogen-bond acceptors (Lipinski definition) is 6. The van der Waals surface area contributed by atoms with Gasteiger partial charge in [-0.05, 0) is 18.6 Å². The molecule has 1 saturated heterocycles. The third kappa shape index (κ3) is 3.88. The Morgan fingerprint density at radius 3 is 2.68 bits per heavy atom. The molecule has 1 aromatic heterocycles. The van der Waals surface area contributed by atoms with Gasteiger partial charge in [0, 0.05) is 50.2 Å². The van der Waals surface area contributed by atoms with E-state index in [1.165, 1.54) is 12.1 Å². The van der Waals surface area contributed by atoms with Crippen molar-refractivity contribution < 1.29 is 19.1 Å². The molecule has 3 rings (SSSR count). The third-order valence-electron chi connectivity index (χ3n) is 4.19. The summed E-state index contributed by atoms with van der Waals surface area (Å²) in [5.41, 5.74) is 0.599. The number of ether oxygens (including phenoxy) is 1. The van der Waals surface area contributed by atoms with Gasteiger partial charge < -0.3 is 19.2 Å². The van der Waals surface area contributed by atoms with Crippen molar-refractivity contribution >= 4 is 28.7 Å². The molecule has 1 aromatic carbocycles. The van der Waals surface area contributed by atoms with Crippen LogP contribution < -0.4 is 5.63 Å². The molecule has 1 N–H and O–H groups in total. The summed E-state index contributed by atoms with van der Waals surface area (Å²) >= 11 is 5.98. The maximum atomic E-state index is 11.8. The van der Waals surface area contributed by atoms with E-state index in [9.17, 15) is 14.7 Å². The van der Waals surface area contributed by atoms with Crippen molar-refractivity contribution in [1.29, 1.82) is 0 Å². The summed E-state index contributed by atoms with van der Waals surface area (Å²) in [6.07, 6.45) is -0.296. The first-order valence-electron chi connectivity index (χ1n) is 8.07. The minimum absolute atomic E-state index is 0.127. The van der Waals surface area contributed by atoms with Gasteiger partial charge in [-0.1, -0.05) is 11.6 Å². The topological polar surface area (TPSA) is 83.2 Å². The van der Waals surface area contributed by atoms with Crippen molar-refractivity contribution in [2.24, 2.45) is 0 Å². The van der Waals surface area contributed by atoms with Crippen molar-refractivity contribution in [3.63, 3.8) is 0 Å². The quantitative estimate of drug-likeness (QED) is 0.840. The van der Waals surface area contributed by atoms with E-state index in [0.29, 0.717) is 50.3 Å². The van der Waals surface area contributed by atoms with Crippen LogP contribution in [0.15, 0.2) is 27.4 Å². The van der Waals surface area contributed by atoms with E-state index in [2.05, 4.69) is 4.90 Å². The molecule has 0 radical (unpaired) electrons. The van der Waals surface area contributed by atoms with Gasteiger partial charge in [-0.2, -0.15) is 0 Å². The lowest BCUT2D eigenvalue weighted by Crippen LogP contribution is -2.48. The Bertz CT molecular complexity index is 843. The molecule has 134 valence electrons. The molecule has 1 aliphatic heterocycles. The summed E-state index contributed by atoms with van der Waals surface area (Å²) in [7, 11) is 0. The van der Waals surface area contributed by atoms with Crippen LogP contribution in [0.2, 0.25) is 5.02 Å². The van der Waals surface area contributed by atoms with Crippen LogP contribution in [0.1, 0.15) is 12.5 Å². The van der Waals surface area contributed by atoms with Gasteiger partial charge in [0.2, 0.25) is 0 Å². The molecule has 0 atom stereocenters. The molecule has 0 saturated carbocycles. The summed E-state index contributed by atoms with van der Waals surface area (Å²) in [4.78, 5) is 27.3. The molecule has 1 fully saturated rings. The summed E-state index contributed by atoms with van der Waals surface area (Å²) in [6.45, 7) is 5.15. The van der Waals surface area contributed by atoms with E-state index in [0.717, 1.165) is 5.56 Å². The maximum Gasteiger partial charge on any atom is 0.409 e. The van der Waals surface area contributed by atoms with Gasteiger partial charge in [0.05, 0.1) is 11.6 Å². The largest absolute Gasteiger partial charge is 0.506 e. The number of carbonyl (C=O) groups is 1. The molecule has 0 bridgehead atoms. The number of hydrogen-bond donors (Lipinski definition) is 1. The van der Waals surface area contributed by atoms with E-state index in [1.807, 2.05) is 0 Å². The molecule has 0 spiro atoms. The number of carbonyl (C=O) groups excluding carboxylic acids is 1. The molecule has 1 aliphatic rings. The van der Waals surface area contributed by atoms with Crippen LogP contribution >= 0.6 is 11.6 Å². The number of amides is 1. The van der Waals surface area contributed by atoms with E-state index in [-0.39, 0.29) is 16.9 Å². The SMILES string of the molecule is CCOC(=O)N1CCN(Cc2cc(=O)oc3cc(O)c(Cl)cc23)CC1. The van der Waals surface area contributed by atoms with Crippen molar-refractivity contribution in [1.82, 2.24) is 9.80 Å². The first-order chi connectivity index (χ1) is 12.0. The van der Waals surface area contributed by atoms with E-state index in [1.54, 1.807) is 17.9 Å². The van der Waals surface area contributed by atoms with Crippen LogP contribution in [0, 0.1) is 0 Å². The van der Waals surface area contributed by atoms with Crippen molar-refractivity contribution in [2.45, 2.75) is 13.5 Å². The monoisotopic (exact) mass is 366 g/mol. The van der Waals surface area contributed by atoms with Gasteiger partial charge in [-0.3, -0.25) is 4.90 Å². The number of piperazine rings is 1. The third-order valence-corrected chi connectivity index (χ3v) is 4.49. The predicted octanol–water partition coefficient (Wildman–Crippen LogP) is 2.43. The number of phenolic OH excluding ortho intramolecular Hbond substituents is 1. The molecule has 0 aliphatic carbocycles. The lowest BCUT2D eigenvalue weighted by molar-refractivity contribution is 0.0779. The van der Waals surface area contributed by atoms with Crippen LogP contribution in [-0.4, -0.2) is 53.8 Å². The number of fused-ring (bicyclic) bond motifs is 1. The summed E-state index contributed by atoms with van der Waals surface area (Å²) in [5, 5.41) is 10.6. The zero-order valence-corrected chi connectivity index (χ0v) is 14.6. The normalized spacial score (nSPS) is 15.5. The Morgan fingerprint density at radius 2 is 2.00 bits per heavy atom. The lowest BCUT2D eigenvalue weighted by atomic mass is 10.1. The van der Waals surface area contributed by atoms with Gasteiger partial charge in [-0.25, -0.2) is 9.59 Å². The van der Waals surface area contributed by atoms with Crippen LogP contribution in [0.25, 0.3) is 11.0 Å². The van der Waals surface area contributed by atoms with E-state index >= 15 is 0 Å². The molecule has 2 aromatic rings. The average Bonchev–Trinajstić information content (AvgIpc) is 2.57. The van der Waals surface area contributed by atoms with Crippen LogP contribution in [0.3, 0.4) is 0 Å².